The van der Waals surface area contributed by atoms with E-state index in [9.17, 15) is 18.0 Å². The molecule has 0 spiro atoms. The number of rotatable bonds is 4. The van der Waals surface area contributed by atoms with E-state index < -0.39 is 23.4 Å². The first-order valence-corrected chi connectivity index (χ1v) is 7.60. The molecule has 1 aromatic heterocycles. The third-order valence-electron chi connectivity index (χ3n) is 3.64. The predicted molar refractivity (Wildman–Crippen MR) is 90.1 cm³/mol. The van der Waals surface area contributed by atoms with Gasteiger partial charge in [0.15, 0.2) is 0 Å². The van der Waals surface area contributed by atoms with Crippen molar-refractivity contribution in [1.82, 2.24) is 0 Å². The Bertz CT molecular complexity index is 900. The largest absolute Gasteiger partial charge is 0.497 e. The van der Waals surface area contributed by atoms with Gasteiger partial charge >= 0.3 is 6.18 Å². The maximum atomic E-state index is 13.3. The second-order valence-corrected chi connectivity index (χ2v) is 5.40. The van der Waals surface area contributed by atoms with E-state index in [2.05, 4.69) is 5.32 Å². The van der Waals surface area contributed by atoms with Gasteiger partial charge in [0.05, 0.1) is 12.7 Å². The quantitative estimate of drug-likeness (QED) is 0.693. The lowest BCUT2D eigenvalue weighted by atomic mass is 10.1. The lowest BCUT2D eigenvalue weighted by Gasteiger charge is -2.07. The molecule has 0 saturated heterocycles. The summed E-state index contributed by atoms with van der Waals surface area (Å²) < 4.78 is 49.9. The van der Waals surface area contributed by atoms with Crippen molar-refractivity contribution in [3.05, 3.63) is 72.0 Å². The van der Waals surface area contributed by atoms with E-state index in [0.717, 1.165) is 6.07 Å². The van der Waals surface area contributed by atoms with Crippen LogP contribution in [0.25, 0.3) is 11.3 Å². The summed E-state index contributed by atoms with van der Waals surface area (Å²) in [4.78, 5) is 12.3. The molecular formula is C19H14F3NO3. The van der Waals surface area contributed by atoms with Crippen molar-refractivity contribution < 1.29 is 27.1 Å². The van der Waals surface area contributed by atoms with Crippen LogP contribution in [0, 0.1) is 0 Å². The minimum absolute atomic E-state index is 0.0572. The van der Waals surface area contributed by atoms with Crippen molar-refractivity contribution in [1.29, 1.82) is 0 Å². The molecule has 0 bridgehead atoms. The molecule has 1 N–H and O–H groups in total. The number of alkyl halides is 3. The number of furan rings is 1. The Morgan fingerprint density at radius 1 is 1.04 bits per heavy atom. The summed E-state index contributed by atoms with van der Waals surface area (Å²) in [6.45, 7) is 0. The third kappa shape index (κ3) is 3.72. The number of benzene rings is 2. The fraction of sp³-hybridized carbons (Fsp3) is 0.105. The lowest BCUT2D eigenvalue weighted by molar-refractivity contribution is -0.153. The summed E-state index contributed by atoms with van der Waals surface area (Å²) in [5.41, 5.74) is 0.208. The van der Waals surface area contributed by atoms with Crippen molar-refractivity contribution >= 4 is 11.6 Å². The molecule has 0 radical (unpaired) electrons. The Kier molecular flexibility index (Phi) is 4.71. The summed E-state index contributed by atoms with van der Waals surface area (Å²) in [6, 6.07) is 15.6. The van der Waals surface area contributed by atoms with E-state index in [1.54, 1.807) is 54.6 Å². The maximum Gasteiger partial charge on any atom is 0.450 e. The first-order valence-electron chi connectivity index (χ1n) is 7.60. The van der Waals surface area contributed by atoms with Crippen molar-refractivity contribution in [2.24, 2.45) is 0 Å². The summed E-state index contributed by atoms with van der Waals surface area (Å²) in [5.74, 6) is -1.74. The monoisotopic (exact) mass is 361 g/mol. The third-order valence-corrected chi connectivity index (χ3v) is 3.64. The zero-order chi connectivity index (χ0) is 18.7. The van der Waals surface area contributed by atoms with Crippen molar-refractivity contribution in [2.45, 2.75) is 6.18 Å². The molecule has 0 unspecified atom stereocenters. The van der Waals surface area contributed by atoms with Gasteiger partial charge < -0.3 is 14.5 Å². The molecular weight excluding hydrogens is 347 g/mol. The highest BCUT2D eigenvalue weighted by Gasteiger charge is 2.40. The van der Waals surface area contributed by atoms with Crippen LogP contribution in [-0.4, -0.2) is 13.0 Å². The van der Waals surface area contributed by atoms with Crippen LogP contribution in [0.3, 0.4) is 0 Å². The van der Waals surface area contributed by atoms with Gasteiger partial charge in [-0.05, 0) is 42.5 Å². The molecule has 1 heterocycles. The van der Waals surface area contributed by atoms with E-state index in [1.165, 1.54) is 7.11 Å². The van der Waals surface area contributed by atoms with Gasteiger partial charge in [0.2, 0.25) is 5.76 Å². The van der Waals surface area contributed by atoms with Gasteiger partial charge in [-0.1, -0.05) is 18.2 Å². The van der Waals surface area contributed by atoms with Crippen molar-refractivity contribution in [2.75, 3.05) is 12.4 Å². The van der Waals surface area contributed by atoms with Gasteiger partial charge in [0.25, 0.3) is 5.91 Å². The van der Waals surface area contributed by atoms with Gasteiger partial charge in [-0.25, -0.2) is 0 Å². The maximum absolute atomic E-state index is 13.3. The van der Waals surface area contributed by atoms with E-state index >= 15 is 0 Å². The summed E-state index contributed by atoms with van der Waals surface area (Å²) in [5, 5.41) is 2.43. The Hall–Kier alpha value is -3.22. The SMILES string of the molecule is COc1ccc(-c2cc(C(=O)Nc3ccccc3)c(C(F)(F)F)o2)cc1. The van der Waals surface area contributed by atoms with E-state index in [0.29, 0.717) is 17.0 Å². The zero-order valence-corrected chi connectivity index (χ0v) is 13.6. The van der Waals surface area contributed by atoms with E-state index in [4.69, 9.17) is 9.15 Å². The molecule has 0 saturated carbocycles. The lowest BCUT2D eigenvalue weighted by Crippen LogP contribution is -2.16. The molecule has 0 atom stereocenters. The van der Waals surface area contributed by atoms with Gasteiger partial charge in [0, 0.05) is 11.3 Å². The molecule has 0 fully saturated rings. The molecule has 0 aliphatic rings. The van der Waals surface area contributed by atoms with Gasteiger partial charge in [-0.3, -0.25) is 4.79 Å². The molecule has 7 heteroatoms. The van der Waals surface area contributed by atoms with Crippen molar-refractivity contribution in [3.8, 4) is 17.1 Å². The number of carbonyl (C=O) groups is 1. The number of hydrogen-bond acceptors (Lipinski definition) is 3. The van der Waals surface area contributed by atoms with Crippen LogP contribution >= 0.6 is 0 Å². The molecule has 1 amide bonds. The fourth-order valence-corrected chi connectivity index (χ4v) is 2.39. The summed E-state index contributed by atoms with van der Waals surface area (Å²) in [7, 11) is 1.48. The Morgan fingerprint density at radius 2 is 1.69 bits per heavy atom. The summed E-state index contributed by atoms with van der Waals surface area (Å²) >= 11 is 0. The second kappa shape index (κ2) is 6.95. The Labute approximate surface area is 147 Å². The van der Waals surface area contributed by atoms with Crippen LogP contribution in [0.2, 0.25) is 0 Å². The molecule has 26 heavy (non-hydrogen) atoms. The molecule has 3 rings (SSSR count). The average molecular weight is 361 g/mol. The number of methoxy groups -OCH3 is 1. The normalized spacial score (nSPS) is 11.2. The smallest absolute Gasteiger partial charge is 0.450 e. The molecule has 0 aliphatic carbocycles. The predicted octanol–water partition coefficient (Wildman–Crippen LogP) is 5.23. The summed E-state index contributed by atoms with van der Waals surface area (Å²) in [6.07, 6.45) is -4.80. The van der Waals surface area contributed by atoms with Crippen LogP contribution in [0.4, 0.5) is 18.9 Å². The van der Waals surface area contributed by atoms with Crippen LogP contribution in [0.15, 0.2) is 65.1 Å². The first kappa shape index (κ1) is 17.6. The van der Waals surface area contributed by atoms with Gasteiger partial charge in [-0.2, -0.15) is 13.2 Å². The zero-order valence-electron chi connectivity index (χ0n) is 13.6. The van der Waals surface area contributed by atoms with E-state index in [-0.39, 0.29) is 5.76 Å². The van der Waals surface area contributed by atoms with Crippen molar-refractivity contribution in [3.63, 3.8) is 0 Å². The van der Waals surface area contributed by atoms with Crippen LogP contribution < -0.4 is 10.1 Å². The molecule has 134 valence electrons. The highest BCUT2D eigenvalue weighted by atomic mass is 19.4. The standard InChI is InChI=1S/C19H14F3NO3/c1-25-14-9-7-12(8-10-14)16-11-15(17(26-16)19(20,21)22)18(24)23-13-5-3-2-4-6-13/h2-11H,1H3,(H,23,24). The molecule has 2 aromatic carbocycles. The van der Waals surface area contributed by atoms with Crippen LogP contribution in [0.1, 0.15) is 16.1 Å². The number of amides is 1. The molecule has 3 aromatic rings. The number of ether oxygens (including phenoxy) is 1. The Morgan fingerprint density at radius 3 is 2.27 bits per heavy atom. The fourth-order valence-electron chi connectivity index (χ4n) is 2.39. The van der Waals surface area contributed by atoms with Gasteiger partial charge in [-0.15, -0.1) is 0 Å². The van der Waals surface area contributed by atoms with Crippen LogP contribution in [0.5, 0.6) is 5.75 Å². The number of anilines is 1. The first-order chi connectivity index (χ1) is 12.4. The number of halogens is 3. The number of para-hydroxylation sites is 1. The highest BCUT2D eigenvalue weighted by molar-refractivity contribution is 6.05. The molecule has 4 nitrogen and oxygen atoms in total. The minimum atomic E-state index is -4.80. The topological polar surface area (TPSA) is 51.5 Å². The number of hydrogen-bond donors (Lipinski definition) is 1. The minimum Gasteiger partial charge on any atom is -0.497 e. The number of carbonyl (C=O) groups excluding carboxylic acids is 1. The Balaban J connectivity index is 1.97. The van der Waals surface area contributed by atoms with Crippen LogP contribution in [-0.2, 0) is 6.18 Å². The molecule has 0 aliphatic heterocycles. The average Bonchev–Trinajstić information content (AvgIpc) is 3.09. The second-order valence-electron chi connectivity index (χ2n) is 5.40. The number of nitrogens with one attached hydrogen (secondary N) is 1. The van der Waals surface area contributed by atoms with E-state index in [1.807, 2.05) is 0 Å². The van der Waals surface area contributed by atoms with Gasteiger partial charge in [0.1, 0.15) is 11.5 Å². The highest BCUT2D eigenvalue weighted by Crippen LogP contribution is 2.37.